The Morgan fingerprint density at radius 2 is 2.17 bits per heavy atom. The fraction of sp³-hybridized carbons (Fsp3) is 0.889. The molecule has 0 amide bonds. The van der Waals surface area contributed by atoms with Crippen LogP contribution in [0.2, 0.25) is 0 Å². The van der Waals surface area contributed by atoms with Crippen LogP contribution in [-0.2, 0) is 9.53 Å². The first-order valence-electron chi connectivity index (χ1n) is 4.60. The van der Waals surface area contributed by atoms with Gasteiger partial charge in [-0.05, 0) is 25.7 Å². The lowest BCUT2D eigenvalue weighted by atomic mass is 10.0. The molecule has 0 aromatic carbocycles. The number of carbonyl (C=O) groups is 1. The van der Waals surface area contributed by atoms with E-state index >= 15 is 0 Å². The van der Waals surface area contributed by atoms with E-state index < -0.39 is 12.1 Å². The first-order valence-corrected chi connectivity index (χ1v) is 4.60. The third kappa shape index (κ3) is 2.21. The van der Waals surface area contributed by atoms with Gasteiger partial charge < -0.3 is 9.84 Å². The Hall–Kier alpha value is -0.570. The van der Waals surface area contributed by atoms with Gasteiger partial charge in [-0.3, -0.25) is 0 Å². The van der Waals surface area contributed by atoms with Crippen LogP contribution in [0.15, 0.2) is 0 Å². The normalized spacial score (nSPS) is 20.8. The van der Waals surface area contributed by atoms with Crippen molar-refractivity contribution >= 4 is 5.97 Å². The Morgan fingerprint density at radius 1 is 1.58 bits per heavy atom. The molecule has 1 rings (SSSR count). The Morgan fingerprint density at radius 3 is 2.67 bits per heavy atom. The fourth-order valence-electron chi connectivity index (χ4n) is 1.69. The molecular formula is C9H16O3. The molecule has 1 fully saturated rings. The van der Waals surface area contributed by atoms with Gasteiger partial charge >= 0.3 is 5.97 Å². The van der Waals surface area contributed by atoms with Crippen LogP contribution in [0, 0.1) is 5.92 Å². The van der Waals surface area contributed by atoms with Crippen LogP contribution in [0.5, 0.6) is 0 Å². The molecule has 1 N–H and O–H groups in total. The van der Waals surface area contributed by atoms with Gasteiger partial charge in [0.15, 0.2) is 6.10 Å². The van der Waals surface area contributed by atoms with Crippen LogP contribution < -0.4 is 0 Å². The summed E-state index contributed by atoms with van der Waals surface area (Å²) in [5.74, 6) is -0.312. The smallest absolute Gasteiger partial charge is 0.335 e. The molecule has 0 radical (unpaired) electrons. The molecule has 0 spiro atoms. The summed E-state index contributed by atoms with van der Waals surface area (Å²) in [6.07, 6.45) is 3.29. The highest BCUT2D eigenvalue weighted by atomic mass is 16.5. The van der Waals surface area contributed by atoms with Crippen LogP contribution in [0.1, 0.15) is 32.6 Å². The maximum atomic E-state index is 11.1. The van der Waals surface area contributed by atoms with Gasteiger partial charge in [-0.1, -0.05) is 12.8 Å². The zero-order chi connectivity index (χ0) is 8.97. The molecule has 1 aliphatic carbocycles. The molecule has 0 unspecified atom stereocenters. The second-order valence-corrected chi connectivity index (χ2v) is 3.24. The van der Waals surface area contributed by atoms with Gasteiger partial charge in [0.05, 0.1) is 6.61 Å². The second kappa shape index (κ2) is 4.45. The highest BCUT2D eigenvalue weighted by Crippen LogP contribution is 2.28. The third-order valence-electron chi connectivity index (χ3n) is 2.37. The minimum atomic E-state index is -0.882. The van der Waals surface area contributed by atoms with Gasteiger partial charge in [0, 0.05) is 0 Å². The summed E-state index contributed by atoms with van der Waals surface area (Å²) in [7, 11) is 0. The molecule has 0 aromatic rings. The van der Waals surface area contributed by atoms with E-state index in [1.54, 1.807) is 6.92 Å². The average Bonchev–Trinajstić information content (AvgIpc) is 2.55. The first kappa shape index (κ1) is 9.52. The van der Waals surface area contributed by atoms with Gasteiger partial charge in [0.2, 0.25) is 0 Å². The highest BCUT2D eigenvalue weighted by molar-refractivity contribution is 5.74. The lowest BCUT2D eigenvalue weighted by molar-refractivity contribution is -0.155. The van der Waals surface area contributed by atoms with Crippen molar-refractivity contribution in [1.82, 2.24) is 0 Å². The molecule has 3 nitrogen and oxygen atoms in total. The van der Waals surface area contributed by atoms with Crippen LogP contribution in [0.4, 0.5) is 0 Å². The maximum Gasteiger partial charge on any atom is 0.335 e. The van der Waals surface area contributed by atoms with E-state index in [4.69, 9.17) is 4.74 Å². The molecule has 1 atom stereocenters. The van der Waals surface area contributed by atoms with Crippen LogP contribution >= 0.6 is 0 Å². The molecule has 1 aliphatic rings. The highest BCUT2D eigenvalue weighted by Gasteiger charge is 2.29. The van der Waals surface area contributed by atoms with E-state index in [1.807, 2.05) is 0 Å². The van der Waals surface area contributed by atoms with Crippen molar-refractivity contribution in [2.45, 2.75) is 38.7 Å². The number of rotatable bonds is 3. The lowest BCUT2D eigenvalue weighted by Crippen LogP contribution is -2.29. The SMILES string of the molecule is CCOC(=O)[C@H](O)C1CCCC1. The van der Waals surface area contributed by atoms with Gasteiger partial charge in [0.1, 0.15) is 0 Å². The lowest BCUT2D eigenvalue weighted by Gasteiger charge is -2.15. The number of hydrogen-bond acceptors (Lipinski definition) is 3. The molecule has 70 valence electrons. The molecule has 1 saturated carbocycles. The Balaban J connectivity index is 2.34. The van der Waals surface area contributed by atoms with Gasteiger partial charge in [-0.15, -0.1) is 0 Å². The summed E-state index contributed by atoms with van der Waals surface area (Å²) in [4.78, 5) is 11.1. The summed E-state index contributed by atoms with van der Waals surface area (Å²) < 4.78 is 4.73. The summed E-state index contributed by atoms with van der Waals surface area (Å²) in [6, 6.07) is 0. The first-order chi connectivity index (χ1) is 5.75. The van der Waals surface area contributed by atoms with Crippen molar-refractivity contribution in [3.05, 3.63) is 0 Å². The number of carbonyl (C=O) groups excluding carboxylic acids is 1. The minimum Gasteiger partial charge on any atom is -0.464 e. The van der Waals surface area contributed by atoms with Gasteiger partial charge in [0.25, 0.3) is 0 Å². The van der Waals surface area contributed by atoms with Crippen molar-refractivity contribution < 1.29 is 14.6 Å². The molecule has 12 heavy (non-hydrogen) atoms. The molecular weight excluding hydrogens is 156 g/mol. The Bertz CT molecular complexity index is 150. The summed E-state index contributed by atoms with van der Waals surface area (Å²) in [6.45, 7) is 2.10. The molecule has 0 heterocycles. The van der Waals surface area contributed by atoms with Crippen LogP contribution in [0.3, 0.4) is 0 Å². The van der Waals surface area contributed by atoms with E-state index in [0.29, 0.717) is 6.61 Å². The van der Waals surface area contributed by atoms with Crippen molar-refractivity contribution in [2.75, 3.05) is 6.61 Å². The van der Waals surface area contributed by atoms with Crippen molar-refractivity contribution in [3.63, 3.8) is 0 Å². The number of aliphatic hydroxyl groups is 1. The zero-order valence-corrected chi connectivity index (χ0v) is 7.45. The van der Waals surface area contributed by atoms with Crippen molar-refractivity contribution in [3.8, 4) is 0 Å². The average molecular weight is 172 g/mol. The number of aliphatic hydroxyl groups excluding tert-OH is 1. The van der Waals surface area contributed by atoms with Crippen LogP contribution in [-0.4, -0.2) is 23.8 Å². The number of esters is 1. The van der Waals surface area contributed by atoms with Crippen molar-refractivity contribution in [1.29, 1.82) is 0 Å². The van der Waals surface area contributed by atoms with E-state index in [9.17, 15) is 9.90 Å². The van der Waals surface area contributed by atoms with E-state index in [-0.39, 0.29) is 5.92 Å². The molecule has 3 heteroatoms. The minimum absolute atomic E-state index is 0.143. The summed E-state index contributed by atoms with van der Waals surface area (Å²) in [5, 5.41) is 9.47. The zero-order valence-electron chi connectivity index (χ0n) is 7.45. The number of ether oxygens (including phenoxy) is 1. The van der Waals surface area contributed by atoms with Crippen molar-refractivity contribution in [2.24, 2.45) is 5.92 Å². The van der Waals surface area contributed by atoms with E-state index in [0.717, 1.165) is 25.7 Å². The maximum absolute atomic E-state index is 11.1. The van der Waals surface area contributed by atoms with E-state index in [2.05, 4.69) is 0 Å². The Labute approximate surface area is 72.7 Å². The predicted octanol–water partition coefficient (Wildman–Crippen LogP) is 1.10. The fourth-order valence-corrected chi connectivity index (χ4v) is 1.69. The topological polar surface area (TPSA) is 46.5 Å². The largest absolute Gasteiger partial charge is 0.464 e. The van der Waals surface area contributed by atoms with E-state index in [1.165, 1.54) is 0 Å². The second-order valence-electron chi connectivity index (χ2n) is 3.24. The quantitative estimate of drug-likeness (QED) is 0.648. The Kier molecular flexibility index (Phi) is 3.53. The molecule has 0 saturated heterocycles. The molecule has 0 bridgehead atoms. The van der Waals surface area contributed by atoms with Gasteiger partial charge in [-0.25, -0.2) is 4.79 Å². The van der Waals surface area contributed by atoms with Gasteiger partial charge in [-0.2, -0.15) is 0 Å². The standard InChI is InChI=1S/C9H16O3/c1-2-12-9(11)8(10)7-5-3-4-6-7/h7-8,10H,2-6H2,1H3/t8-/m1/s1. The monoisotopic (exact) mass is 172 g/mol. The molecule has 0 aliphatic heterocycles. The number of hydrogen-bond donors (Lipinski definition) is 1. The summed E-state index contributed by atoms with van der Waals surface area (Å²) >= 11 is 0. The van der Waals surface area contributed by atoms with Crippen LogP contribution in [0.25, 0.3) is 0 Å². The predicted molar refractivity (Wildman–Crippen MR) is 44.6 cm³/mol. The summed E-state index contributed by atoms with van der Waals surface area (Å²) in [5.41, 5.74) is 0. The molecule has 0 aromatic heterocycles. The third-order valence-corrected chi connectivity index (χ3v) is 2.37.